The SMILES string of the molecule is CCN(CC)S(=O)(=O)c1ccc(N/N=C/c2ccccc2Cl)nc1. The maximum Gasteiger partial charge on any atom is 0.244 e. The van der Waals surface area contributed by atoms with Crippen molar-refractivity contribution in [3.8, 4) is 0 Å². The topological polar surface area (TPSA) is 74.7 Å². The van der Waals surface area contributed by atoms with E-state index in [1.807, 2.05) is 18.2 Å². The Hall–Kier alpha value is -1.96. The van der Waals surface area contributed by atoms with E-state index in [2.05, 4.69) is 15.5 Å². The van der Waals surface area contributed by atoms with Gasteiger partial charge in [-0.15, -0.1) is 0 Å². The summed E-state index contributed by atoms with van der Waals surface area (Å²) in [4.78, 5) is 4.25. The monoisotopic (exact) mass is 366 g/mol. The molecule has 0 fully saturated rings. The van der Waals surface area contributed by atoms with Crippen molar-refractivity contribution >= 4 is 33.7 Å². The quantitative estimate of drug-likeness (QED) is 0.603. The lowest BCUT2D eigenvalue weighted by Gasteiger charge is -2.18. The lowest BCUT2D eigenvalue weighted by molar-refractivity contribution is 0.445. The fraction of sp³-hybridized carbons (Fsp3) is 0.250. The summed E-state index contributed by atoms with van der Waals surface area (Å²) in [5, 5.41) is 4.64. The van der Waals surface area contributed by atoms with Gasteiger partial charge < -0.3 is 0 Å². The number of aromatic nitrogens is 1. The molecule has 0 aliphatic carbocycles. The van der Waals surface area contributed by atoms with Crippen LogP contribution in [0.25, 0.3) is 0 Å². The highest BCUT2D eigenvalue weighted by atomic mass is 35.5. The third-order valence-corrected chi connectivity index (χ3v) is 5.75. The van der Waals surface area contributed by atoms with Crippen molar-refractivity contribution in [2.75, 3.05) is 18.5 Å². The second-order valence-electron chi connectivity index (χ2n) is 4.86. The molecule has 6 nitrogen and oxygen atoms in total. The molecule has 0 radical (unpaired) electrons. The fourth-order valence-corrected chi connectivity index (χ4v) is 3.65. The van der Waals surface area contributed by atoms with Gasteiger partial charge in [0.1, 0.15) is 10.7 Å². The molecule has 8 heteroatoms. The van der Waals surface area contributed by atoms with Gasteiger partial charge in [0, 0.05) is 29.9 Å². The van der Waals surface area contributed by atoms with Crippen LogP contribution in [0.4, 0.5) is 5.82 Å². The second-order valence-corrected chi connectivity index (χ2v) is 7.21. The maximum absolute atomic E-state index is 12.4. The van der Waals surface area contributed by atoms with Crippen LogP contribution in [0, 0.1) is 0 Å². The molecular weight excluding hydrogens is 348 g/mol. The Bertz CT molecular complexity index is 803. The van der Waals surface area contributed by atoms with Gasteiger partial charge in [-0.25, -0.2) is 13.4 Å². The minimum Gasteiger partial charge on any atom is -0.261 e. The van der Waals surface area contributed by atoms with Crippen molar-refractivity contribution in [2.45, 2.75) is 18.7 Å². The first-order chi connectivity index (χ1) is 11.5. The smallest absolute Gasteiger partial charge is 0.244 e. The van der Waals surface area contributed by atoms with E-state index in [0.717, 1.165) is 5.56 Å². The van der Waals surface area contributed by atoms with Crippen LogP contribution in [0.2, 0.25) is 5.02 Å². The van der Waals surface area contributed by atoms with Gasteiger partial charge in [0.2, 0.25) is 10.0 Å². The van der Waals surface area contributed by atoms with Gasteiger partial charge >= 0.3 is 0 Å². The van der Waals surface area contributed by atoms with Crippen LogP contribution in [-0.2, 0) is 10.0 Å². The van der Waals surface area contributed by atoms with Crippen molar-refractivity contribution in [1.29, 1.82) is 0 Å². The molecule has 0 saturated carbocycles. The van der Waals surface area contributed by atoms with Crippen LogP contribution < -0.4 is 5.43 Å². The molecule has 0 amide bonds. The van der Waals surface area contributed by atoms with Crippen LogP contribution in [-0.4, -0.2) is 37.0 Å². The zero-order valence-corrected chi connectivity index (χ0v) is 15.0. The van der Waals surface area contributed by atoms with E-state index >= 15 is 0 Å². The lowest BCUT2D eigenvalue weighted by Crippen LogP contribution is -2.30. The van der Waals surface area contributed by atoms with Crippen LogP contribution in [0.5, 0.6) is 0 Å². The molecule has 1 aromatic heterocycles. The summed E-state index contributed by atoms with van der Waals surface area (Å²) in [5.74, 6) is 0.441. The highest BCUT2D eigenvalue weighted by molar-refractivity contribution is 7.89. The molecule has 0 aliphatic rings. The molecule has 1 N–H and O–H groups in total. The summed E-state index contributed by atoms with van der Waals surface area (Å²) in [6, 6.07) is 10.4. The van der Waals surface area contributed by atoms with Gasteiger partial charge in [0.15, 0.2) is 0 Å². The van der Waals surface area contributed by atoms with Gasteiger partial charge in [-0.05, 0) is 18.2 Å². The van der Waals surface area contributed by atoms with Crippen LogP contribution in [0.3, 0.4) is 0 Å². The Kier molecular flexibility index (Phi) is 6.30. The number of sulfonamides is 1. The molecule has 24 heavy (non-hydrogen) atoms. The van der Waals surface area contributed by atoms with Gasteiger partial charge in [-0.3, -0.25) is 5.43 Å². The molecule has 0 spiro atoms. The molecule has 1 aromatic carbocycles. The minimum absolute atomic E-state index is 0.159. The van der Waals surface area contributed by atoms with Crippen molar-refractivity contribution in [2.24, 2.45) is 5.10 Å². The predicted molar refractivity (Wildman–Crippen MR) is 97.0 cm³/mol. The molecule has 0 aliphatic heterocycles. The van der Waals surface area contributed by atoms with Crippen molar-refractivity contribution < 1.29 is 8.42 Å². The van der Waals surface area contributed by atoms with Crippen molar-refractivity contribution in [1.82, 2.24) is 9.29 Å². The Morgan fingerprint density at radius 1 is 1.21 bits per heavy atom. The number of hydrogen-bond acceptors (Lipinski definition) is 5. The van der Waals surface area contributed by atoms with Gasteiger partial charge in [0.05, 0.1) is 6.21 Å². The van der Waals surface area contributed by atoms with Gasteiger partial charge in [0.25, 0.3) is 0 Å². The number of hydrogen-bond donors (Lipinski definition) is 1. The van der Waals surface area contributed by atoms with Crippen molar-refractivity contribution in [3.05, 3.63) is 53.2 Å². The van der Waals surface area contributed by atoms with Gasteiger partial charge in [-0.2, -0.15) is 9.41 Å². The third kappa shape index (κ3) is 4.31. The van der Waals surface area contributed by atoms with Crippen LogP contribution >= 0.6 is 11.6 Å². The number of nitrogens with one attached hydrogen (secondary N) is 1. The summed E-state index contributed by atoms with van der Waals surface area (Å²) < 4.78 is 26.1. The summed E-state index contributed by atoms with van der Waals surface area (Å²) >= 11 is 6.03. The van der Waals surface area contributed by atoms with Crippen molar-refractivity contribution in [3.63, 3.8) is 0 Å². The standard InChI is InChI=1S/C16H19ClN4O2S/c1-3-21(4-2)24(22,23)14-9-10-16(18-12-14)20-19-11-13-7-5-6-8-15(13)17/h5-12H,3-4H2,1-2H3,(H,18,20)/b19-11+. The van der Waals surface area contributed by atoms with E-state index in [0.29, 0.717) is 23.9 Å². The first-order valence-corrected chi connectivity index (χ1v) is 9.30. The number of halogens is 1. The molecular formula is C16H19ClN4O2S. The zero-order chi connectivity index (χ0) is 17.6. The molecule has 1 heterocycles. The number of pyridine rings is 1. The molecule has 0 atom stereocenters. The Morgan fingerprint density at radius 3 is 2.50 bits per heavy atom. The minimum atomic E-state index is -3.50. The van der Waals surface area contributed by atoms with E-state index in [9.17, 15) is 8.42 Å². The molecule has 0 bridgehead atoms. The zero-order valence-electron chi connectivity index (χ0n) is 13.5. The molecule has 2 rings (SSSR count). The lowest BCUT2D eigenvalue weighted by atomic mass is 10.2. The normalized spacial score (nSPS) is 12.0. The Labute approximate surface area is 147 Å². The average Bonchev–Trinajstić information content (AvgIpc) is 2.58. The molecule has 2 aromatic rings. The average molecular weight is 367 g/mol. The predicted octanol–water partition coefficient (Wildman–Crippen LogP) is 3.21. The number of benzene rings is 1. The van der Waals surface area contributed by atoms with E-state index in [1.54, 1.807) is 32.2 Å². The van der Waals surface area contributed by atoms with Gasteiger partial charge in [-0.1, -0.05) is 43.6 Å². The fourth-order valence-electron chi connectivity index (χ4n) is 2.06. The summed E-state index contributed by atoms with van der Waals surface area (Å²) in [7, 11) is -3.50. The first kappa shape index (κ1) is 18.4. The van der Waals surface area contributed by atoms with E-state index in [1.165, 1.54) is 16.6 Å². The molecule has 0 saturated heterocycles. The highest BCUT2D eigenvalue weighted by Crippen LogP contribution is 2.16. The van der Waals surface area contributed by atoms with E-state index in [-0.39, 0.29) is 4.90 Å². The molecule has 128 valence electrons. The first-order valence-electron chi connectivity index (χ1n) is 7.48. The second kappa shape index (κ2) is 8.23. The number of rotatable bonds is 7. The molecule has 0 unspecified atom stereocenters. The number of anilines is 1. The largest absolute Gasteiger partial charge is 0.261 e. The maximum atomic E-state index is 12.4. The third-order valence-electron chi connectivity index (χ3n) is 3.37. The summed E-state index contributed by atoms with van der Waals surface area (Å²) in [5.41, 5.74) is 3.52. The number of hydrazone groups is 1. The van der Waals surface area contributed by atoms with Crippen LogP contribution in [0.1, 0.15) is 19.4 Å². The Morgan fingerprint density at radius 2 is 1.92 bits per heavy atom. The number of nitrogens with zero attached hydrogens (tertiary/aromatic N) is 3. The van der Waals surface area contributed by atoms with E-state index < -0.39 is 10.0 Å². The Balaban J connectivity index is 2.09. The van der Waals surface area contributed by atoms with Crippen LogP contribution in [0.15, 0.2) is 52.6 Å². The summed E-state index contributed by atoms with van der Waals surface area (Å²) in [6.45, 7) is 4.43. The summed E-state index contributed by atoms with van der Waals surface area (Å²) in [6.07, 6.45) is 2.89. The van der Waals surface area contributed by atoms with E-state index in [4.69, 9.17) is 11.6 Å². The highest BCUT2D eigenvalue weighted by Gasteiger charge is 2.21.